The molecule has 0 unspecified atom stereocenters. The third kappa shape index (κ3) is 3.95. The Morgan fingerprint density at radius 1 is 1.28 bits per heavy atom. The number of H-pyrrole nitrogens is 1. The second kappa shape index (κ2) is 7.59. The van der Waals surface area contributed by atoms with Gasteiger partial charge in [-0.05, 0) is 36.8 Å². The van der Waals surface area contributed by atoms with Gasteiger partial charge in [0.05, 0.1) is 15.6 Å². The van der Waals surface area contributed by atoms with Crippen LogP contribution in [0.5, 0.6) is 0 Å². The van der Waals surface area contributed by atoms with E-state index in [4.69, 9.17) is 0 Å². The molecule has 2 amide bonds. The molecule has 0 atom stereocenters. The van der Waals surface area contributed by atoms with Gasteiger partial charge in [-0.15, -0.1) is 11.3 Å². The van der Waals surface area contributed by atoms with Gasteiger partial charge in [0.2, 0.25) is 0 Å². The van der Waals surface area contributed by atoms with Crippen LogP contribution in [-0.2, 0) is 13.0 Å². The number of halogens is 1. The zero-order valence-electron chi connectivity index (χ0n) is 15.5. The maximum Gasteiger partial charge on any atom is 0.264 e. The van der Waals surface area contributed by atoms with Gasteiger partial charge in [0.1, 0.15) is 5.82 Å². The Morgan fingerprint density at radius 3 is 2.90 bits per heavy atom. The summed E-state index contributed by atoms with van der Waals surface area (Å²) >= 11 is 1.17. The minimum absolute atomic E-state index is 0.162. The number of aromatic nitrogens is 2. The molecule has 2 aromatic heterocycles. The van der Waals surface area contributed by atoms with E-state index in [0.717, 1.165) is 22.9 Å². The third-order valence-electron chi connectivity index (χ3n) is 4.68. The Labute approximate surface area is 169 Å². The number of carbonyl (C=O) groups is 2. The van der Waals surface area contributed by atoms with E-state index in [2.05, 4.69) is 15.5 Å². The van der Waals surface area contributed by atoms with Gasteiger partial charge in [0.25, 0.3) is 17.4 Å². The van der Waals surface area contributed by atoms with Gasteiger partial charge in [0, 0.05) is 36.7 Å². The summed E-state index contributed by atoms with van der Waals surface area (Å²) in [5, 5.41) is 9.66. The SMILES string of the molecule is Cc1cc(NC(=O)c2cccc(F)c2)sc1C(=O)N1CCc2n[nH]c(=O)cc2C1. The molecule has 1 aromatic carbocycles. The number of thiophene rings is 1. The molecule has 0 spiro atoms. The number of nitrogens with zero attached hydrogens (tertiary/aromatic N) is 2. The molecule has 0 radical (unpaired) electrons. The van der Waals surface area contributed by atoms with Crippen LogP contribution >= 0.6 is 11.3 Å². The molecule has 0 saturated heterocycles. The Balaban J connectivity index is 1.51. The lowest BCUT2D eigenvalue weighted by atomic mass is 10.1. The number of hydrogen-bond acceptors (Lipinski definition) is 5. The van der Waals surface area contributed by atoms with Crippen molar-refractivity contribution in [2.75, 3.05) is 11.9 Å². The quantitative estimate of drug-likeness (QED) is 0.692. The molecular weight excluding hydrogens is 395 g/mol. The van der Waals surface area contributed by atoms with Crippen molar-refractivity contribution in [3.8, 4) is 0 Å². The van der Waals surface area contributed by atoms with Crippen LogP contribution in [0.25, 0.3) is 0 Å². The highest BCUT2D eigenvalue weighted by Crippen LogP contribution is 2.29. The third-order valence-corrected chi connectivity index (χ3v) is 5.82. The van der Waals surface area contributed by atoms with Crippen molar-refractivity contribution in [3.63, 3.8) is 0 Å². The van der Waals surface area contributed by atoms with Crippen molar-refractivity contribution in [3.05, 3.63) is 79.8 Å². The second-order valence-electron chi connectivity index (χ2n) is 6.77. The zero-order chi connectivity index (χ0) is 20.5. The van der Waals surface area contributed by atoms with E-state index in [0.29, 0.717) is 29.4 Å². The fourth-order valence-electron chi connectivity index (χ4n) is 3.23. The van der Waals surface area contributed by atoms with E-state index < -0.39 is 11.7 Å². The Hall–Kier alpha value is -3.33. The van der Waals surface area contributed by atoms with Crippen molar-refractivity contribution in [2.45, 2.75) is 19.9 Å². The van der Waals surface area contributed by atoms with Crippen molar-refractivity contribution in [1.29, 1.82) is 0 Å². The lowest BCUT2D eigenvalue weighted by Gasteiger charge is -2.27. The average molecular weight is 412 g/mol. The molecular formula is C20H17FN4O3S. The Bertz CT molecular complexity index is 1170. The molecule has 1 aliphatic rings. The van der Waals surface area contributed by atoms with Crippen molar-refractivity contribution in [1.82, 2.24) is 15.1 Å². The number of fused-ring (bicyclic) bond motifs is 1. The van der Waals surface area contributed by atoms with E-state index in [1.165, 1.54) is 35.6 Å². The van der Waals surface area contributed by atoms with Crippen LogP contribution in [0.3, 0.4) is 0 Å². The predicted octanol–water partition coefficient (Wildman–Crippen LogP) is 2.73. The van der Waals surface area contributed by atoms with Gasteiger partial charge in [-0.25, -0.2) is 9.49 Å². The standard InChI is InChI=1S/C20H17FN4O3S/c1-11-7-17(22-19(27)12-3-2-4-14(21)8-12)29-18(11)20(28)25-6-5-15-13(10-25)9-16(26)24-23-15/h2-4,7-9H,5-6,10H2,1H3,(H,22,27)(H,24,26). The first-order valence-corrected chi connectivity index (χ1v) is 9.76. The number of benzene rings is 1. The summed E-state index contributed by atoms with van der Waals surface area (Å²) in [5.74, 6) is -1.10. The fourth-order valence-corrected chi connectivity index (χ4v) is 4.27. The summed E-state index contributed by atoms with van der Waals surface area (Å²) in [6, 6.07) is 8.59. The number of rotatable bonds is 3. The predicted molar refractivity (Wildman–Crippen MR) is 107 cm³/mol. The number of anilines is 1. The highest BCUT2D eigenvalue weighted by molar-refractivity contribution is 7.18. The van der Waals surface area contributed by atoms with E-state index in [1.54, 1.807) is 17.9 Å². The van der Waals surface area contributed by atoms with Gasteiger partial charge in [-0.1, -0.05) is 6.07 Å². The normalized spacial score (nSPS) is 13.1. The summed E-state index contributed by atoms with van der Waals surface area (Å²) in [4.78, 5) is 39.0. The number of hydrogen-bond donors (Lipinski definition) is 2. The van der Waals surface area contributed by atoms with Crippen molar-refractivity contribution in [2.24, 2.45) is 0 Å². The van der Waals surface area contributed by atoms with Gasteiger partial charge < -0.3 is 10.2 Å². The first kappa shape index (κ1) is 19.0. The summed E-state index contributed by atoms with van der Waals surface area (Å²) in [7, 11) is 0. The topological polar surface area (TPSA) is 95.2 Å². The van der Waals surface area contributed by atoms with Crippen molar-refractivity contribution >= 4 is 28.2 Å². The number of nitrogens with one attached hydrogen (secondary N) is 2. The maximum atomic E-state index is 13.3. The van der Waals surface area contributed by atoms with E-state index in [9.17, 15) is 18.8 Å². The molecule has 4 rings (SSSR count). The van der Waals surface area contributed by atoms with Crippen LogP contribution in [0, 0.1) is 12.7 Å². The fraction of sp³-hybridized carbons (Fsp3) is 0.200. The average Bonchev–Trinajstić information content (AvgIpc) is 3.06. The summed E-state index contributed by atoms with van der Waals surface area (Å²) in [5.41, 5.74) is 2.17. The molecule has 1 aliphatic heterocycles. The lowest BCUT2D eigenvalue weighted by Crippen LogP contribution is -2.37. The van der Waals surface area contributed by atoms with Crippen LogP contribution < -0.4 is 10.9 Å². The molecule has 29 heavy (non-hydrogen) atoms. The number of carbonyl (C=O) groups excluding carboxylic acids is 2. The van der Waals surface area contributed by atoms with Crippen molar-refractivity contribution < 1.29 is 14.0 Å². The first-order valence-electron chi connectivity index (χ1n) is 8.95. The highest BCUT2D eigenvalue weighted by atomic mass is 32.1. The van der Waals surface area contributed by atoms with Crippen LogP contribution in [0.1, 0.15) is 36.9 Å². The molecule has 3 heterocycles. The Kier molecular flexibility index (Phi) is 4.98. The molecule has 0 aliphatic carbocycles. The van der Waals surface area contributed by atoms with Crippen LogP contribution in [0.2, 0.25) is 0 Å². The molecule has 0 saturated carbocycles. The first-order chi connectivity index (χ1) is 13.9. The largest absolute Gasteiger partial charge is 0.333 e. The summed E-state index contributed by atoms with van der Waals surface area (Å²) < 4.78 is 13.3. The molecule has 148 valence electrons. The smallest absolute Gasteiger partial charge is 0.264 e. The van der Waals surface area contributed by atoms with E-state index in [-0.39, 0.29) is 17.0 Å². The van der Waals surface area contributed by atoms with Crippen LogP contribution in [0.15, 0.2) is 41.2 Å². The number of aromatic amines is 1. The van der Waals surface area contributed by atoms with Crippen LogP contribution in [0.4, 0.5) is 9.39 Å². The minimum Gasteiger partial charge on any atom is -0.333 e. The van der Waals surface area contributed by atoms with Gasteiger partial charge in [-0.2, -0.15) is 5.10 Å². The minimum atomic E-state index is -0.491. The lowest BCUT2D eigenvalue weighted by molar-refractivity contribution is 0.0737. The zero-order valence-corrected chi connectivity index (χ0v) is 16.3. The summed E-state index contributed by atoms with van der Waals surface area (Å²) in [6.45, 7) is 2.60. The molecule has 2 N–H and O–H groups in total. The van der Waals surface area contributed by atoms with Crippen LogP contribution in [-0.4, -0.2) is 33.5 Å². The Morgan fingerprint density at radius 2 is 2.10 bits per heavy atom. The highest BCUT2D eigenvalue weighted by Gasteiger charge is 2.26. The second-order valence-corrected chi connectivity index (χ2v) is 7.82. The maximum absolute atomic E-state index is 13.3. The molecule has 3 aromatic rings. The number of amides is 2. The van der Waals surface area contributed by atoms with E-state index in [1.807, 2.05) is 0 Å². The van der Waals surface area contributed by atoms with E-state index >= 15 is 0 Å². The monoisotopic (exact) mass is 412 g/mol. The molecule has 0 fully saturated rings. The van der Waals surface area contributed by atoms with Gasteiger partial charge in [-0.3, -0.25) is 14.4 Å². The molecule has 9 heteroatoms. The van der Waals surface area contributed by atoms with Gasteiger partial charge >= 0.3 is 0 Å². The summed E-state index contributed by atoms with van der Waals surface area (Å²) in [6.07, 6.45) is 0.561. The molecule has 0 bridgehead atoms. The number of aryl methyl sites for hydroxylation is 1. The van der Waals surface area contributed by atoms with Gasteiger partial charge in [0.15, 0.2) is 0 Å². The molecule has 7 nitrogen and oxygen atoms in total.